The Morgan fingerprint density at radius 2 is 1.82 bits per heavy atom. The van der Waals surface area contributed by atoms with Gasteiger partial charge in [-0.2, -0.15) is 0 Å². The number of rotatable bonds is 7. The first-order chi connectivity index (χ1) is 13.4. The highest BCUT2D eigenvalue weighted by Gasteiger charge is 2.10. The van der Waals surface area contributed by atoms with E-state index in [2.05, 4.69) is 5.32 Å². The van der Waals surface area contributed by atoms with Crippen LogP contribution in [0.2, 0.25) is 10.0 Å². The number of anilines is 1. The SMILES string of the molecule is O=C(O)c1ccc(Cl)c(NCc2cc(Cl)ccc2OCc2ccccc2F)c1. The van der Waals surface area contributed by atoms with Gasteiger partial charge in [-0.25, -0.2) is 9.18 Å². The van der Waals surface area contributed by atoms with Crippen molar-refractivity contribution in [3.8, 4) is 5.75 Å². The smallest absolute Gasteiger partial charge is 0.335 e. The zero-order chi connectivity index (χ0) is 20.1. The lowest BCUT2D eigenvalue weighted by molar-refractivity contribution is 0.0697. The molecule has 0 heterocycles. The Morgan fingerprint density at radius 3 is 2.57 bits per heavy atom. The van der Waals surface area contributed by atoms with Crippen LogP contribution in [0.15, 0.2) is 60.7 Å². The fourth-order valence-electron chi connectivity index (χ4n) is 2.58. The molecule has 0 aliphatic carbocycles. The summed E-state index contributed by atoms with van der Waals surface area (Å²) in [5, 5.41) is 13.1. The molecule has 3 aromatic carbocycles. The van der Waals surface area contributed by atoms with Crippen molar-refractivity contribution in [2.45, 2.75) is 13.2 Å². The zero-order valence-corrected chi connectivity index (χ0v) is 16.1. The number of ether oxygens (including phenoxy) is 1. The van der Waals surface area contributed by atoms with Crippen LogP contribution in [0.4, 0.5) is 10.1 Å². The number of halogens is 3. The van der Waals surface area contributed by atoms with Crippen LogP contribution in [0.3, 0.4) is 0 Å². The first kappa shape index (κ1) is 20.0. The van der Waals surface area contributed by atoms with Gasteiger partial charge in [-0.1, -0.05) is 41.4 Å². The molecule has 0 radical (unpaired) electrons. The molecule has 0 atom stereocenters. The average molecular weight is 420 g/mol. The van der Waals surface area contributed by atoms with Gasteiger partial charge in [0, 0.05) is 22.7 Å². The van der Waals surface area contributed by atoms with E-state index in [9.17, 15) is 9.18 Å². The maximum absolute atomic E-state index is 13.8. The summed E-state index contributed by atoms with van der Waals surface area (Å²) in [6.07, 6.45) is 0. The Balaban J connectivity index is 1.77. The lowest BCUT2D eigenvalue weighted by Crippen LogP contribution is -2.06. The molecule has 0 saturated heterocycles. The molecule has 0 aliphatic heterocycles. The Labute approximate surface area is 171 Å². The highest BCUT2D eigenvalue weighted by molar-refractivity contribution is 6.33. The first-order valence-corrected chi connectivity index (χ1v) is 9.11. The van der Waals surface area contributed by atoms with Crippen LogP contribution in [0.1, 0.15) is 21.5 Å². The van der Waals surface area contributed by atoms with Crippen molar-refractivity contribution in [2.75, 3.05) is 5.32 Å². The lowest BCUT2D eigenvalue weighted by atomic mass is 10.1. The monoisotopic (exact) mass is 419 g/mol. The second kappa shape index (κ2) is 8.95. The minimum absolute atomic E-state index is 0.0660. The second-order valence-corrected chi connectivity index (χ2v) is 6.83. The van der Waals surface area contributed by atoms with Gasteiger partial charge in [-0.05, 0) is 42.5 Å². The van der Waals surface area contributed by atoms with Crippen LogP contribution >= 0.6 is 23.2 Å². The molecule has 28 heavy (non-hydrogen) atoms. The normalized spacial score (nSPS) is 10.5. The second-order valence-electron chi connectivity index (χ2n) is 5.99. The van der Waals surface area contributed by atoms with E-state index < -0.39 is 5.97 Å². The molecular weight excluding hydrogens is 404 g/mol. The third-order valence-electron chi connectivity index (χ3n) is 4.05. The van der Waals surface area contributed by atoms with Crippen molar-refractivity contribution < 1.29 is 19.0 Å². The van der Waals surface area contributed by atoms with Crippen LogP contribution in [0, 0.1) is 5.82 Å². The molecular formula is C21H16Cl2FNO3. The van der Waals surface area contributed by atoms with Crippen molar-refractivity contribution in [2.24, 2.45) is 0 Å². The number of carbonyl (C=O) groups is 1. The Bertz CT molecular complexity index is 1010. The Hall–Kier alpha value is -2.76. The van der Waals surface area contributed by atoms with Crippen LogP contribution in [-0.4, -0.2) is 11.1 Å². The van der Waals surface area contributed by atoms with E-state index in [-0.39, 0.29) is 24.5 Å². The van der Waals surface area contributed by atoms with Gasteiger partial charge >= 0.3 is 5.97 Å². The fraction of sp³-hybridized carbons (Fsp3) is 0.0952. The molecule has 3 aromatic rings. The summed E-state index contributed by atoms with van der Waals surface area (Å²) in [6.45, 7) is 0.354. The summed E-state index contributed by atoms with van der Waals surface area (Å²) in [7, 11) is 0. The molecule has 2 N–H and O–H groups in total. The maximum atomic E-state index is 13.8. The fourth-order valence-corrected chi connectivity index (χ4v) is 2.96. The molecule has 0 aromatic heterocycles. The number of carboxylic acids is 1. The molecule has 3 rings (SSSR count). The van der Waals surface area contributed by atoms with E-state index in [1.807, 2.05) is 0 Å². The molecule has 4 nitrogen and oxygen atoms in total. The number of aromatic carboxylic acids is 1. The Morgan fingerprint density at radius 1 is 1.04 bits per heavy atom. The first-order valence-electron chi connectivity index (χ1n) is 8.35. The third-order valence-corrected chi connectivity index (χ3v) is 4.61. The highest BCUT2D eigenvalue weighted by atomic mass is 35.5. The number of benzene rings is 3. The van der Waals surface area contributed by atoms with Gasteiger partial charge in [0.15, 0.2) is 0 Å². The minimum Gasteiger partial charge on any atom is -0.488 e. The third kappa shape index (κ3) is 4.94. The molecule has 0 saturated carbocycles. The van der Waals surface area contributed by atoms with Gasteiger partial charge in [-0.3, -0.25) is 0 Å². The van der Waals surface area contributed by atoms with Crippen molar-refractivity contribution in [1.82, 2.24) is 0 Å². The summed E-state index contributed by atoms with van der Waals surface area (Å²) in [5.74, 6) is -0.851. The van der Waals surface area contributed by atoms with E-state index in [4.69, 9.17) is 33.0 Å². The van der Waals surface area contributed by atoms with Gasteiger partial charge in [0.05, 0.1) is 16.3 Å². The summed E-state index contributed by atoms with van der Waals surface area (Å²) in [5.41, 5.74) is 1.75. The van der Waals surface area contributed by atoms with Gasteiger partial charge in [0.25, 0.3) is 0 Å². The highest BCUT2D eigenvalue weighted by Crippen LogP contribution is 2.28. The molecule has 0 unspecified atom stereocenters. The van der Waals surface area contributed by atoms with Gasteiger partial charge in [-0.15, -0.1) is 0 Å². The number of nitrogens with one attached hydrogen (secondary N) is 1. The van der Waals surface area contributed by atoms with Gasteiger partial charge in [0.2, 0.25) is 0 Å². The molecule has 144 valence electrons. The zero-order valence-electron chi connectivity index (χ0n) is 14.6. The number of hydrogen-bond donors (Lipinski definition) is 2. The van der Waals surface area contributed by atoms with Crippen LogP contribution in [-0.2, 0) is 13.2 Å². The molecule has 0 amide bonds. The summed E-state index contributed by atoms with van der Waals surface area (Å²) in [6, 6.07) is 15.9. The molecule has 0 fully saturated rings. The van der Waals surface area contributed by atoms with Crippen LogP contribution in [0.25, 0.3) is 0 Å². The van der Waals surface area contributed by atoms with Crippen LogP contribution < -0.4 is 10.1 Å². The van der Waals surface area contributed by atoms with Crippen molar-refractivity contribution in [1.29, 1.82) is 0 Å². The lowest BCUT2D eigenvalue weighted by Gasteiger charge is -2.15. The van der Waals surface area contributed by atoms with Gasteiger partial charge < -0.3 is 15.2 Å². The summed E-state index contributed by atoms with van der Waals surface area (Å²) in [4.78, 5) is 11.1. The molecule has 7 heteroatoms. The topological polar surface area (TPSA) is 58.6 Å². The van der Waals surface area contributed by atoms with Crippen molar-refractivity contribution in [3.05, 3.63) is 93.2 Å². The number of carboxylic acid groups (broad SMARTS) is 1. The molecule has 0 bridgehead atoms. The Kier molecular flexibility index (Phi) is 6.39. The number of hydrogen-bond acceptors (Lipinski definition) is 3. The van der Waals surface area contributed by atoms with E-state index in [0.29, 0.717) is 27.0 Å². The quantitative estimate of drug-likeness (QED) is 0.491. The molecule has 0 aliphatic rings. The average Bonchev–Trinajstić information content (AvgIpc) is 2.67. The standard InChI is InChI=1S/C21H16Cl2FNO3/c22-16-6-8-20(28-12-14-3-1-2-4-18(14)24)15(9-16)11-25-19-10-13(21(26)27)5-7-17(19)23/h1-10,25H,11-12H2,(H,26,27). The largest absolute Gasteiger partial charge is 0.488 e. The maximum Gasteiger partial charge on any atom is 0.335 e. The van der Waals surface area contributed by atoms with Crippen LogP contribution in [0.5, 0.6) is 5.75 Å². The van der Waals surface area contributed by atoms with E-state index >= 15 is 0 Å². The van der Waals surface area contributed by atoms with E-state index in [0.717, 1.165) is 5.56 Å². The molecule has 0 spiro atoms. The van der Waals surface area contributed by atoms with Crippen molar-refractivity contribution >= 4 is 34.9 Å². The minimum atomic E-state index is -1.05. The van der Waals surface area contributed by atoms with E-state index in [1.165, 1.54) is 24.3 Å². The predicted octanol–water partition coefficient (Wildman–Crippen LogP) is 6.02. The van der Waals surface area contributed by atoms with E-state index in [1.54, 1.807) is 36.4 Å². The van der Waals surface area contributed by atoms with Crippen molar-refractivity contribution in [3.63, 3.8) is 0 Å². The predicted molar refractivity (Wildman–Crippen MR) is 108 cm³/mol. The summed E-state index contributed by atoms with van der Waals surface area (Å²) >= 11 is 12.2. The summed E-state index contributed by atoms with van der Waals surface area (Å²) < 4.78 is 19.6. The van der Waals surface area contributed by atoms with Gasteiger partial charge in [0.1, 0.15) is 18.2 Å².